The van der Waals surface area contributed by atoms with Gasteiger partial charge >= 0.3 is 0 Å². The van der Waals surface area contributed by atoms with Gasteiger partial charge in [-0.25, -0.2) is 0 Å². The van der Waals surface area contributed by atoms with Crippen molar-refractivity contribution < 1.29 is 9.59 Å². The molecule has 142 valence electrons. The number of halogens is 1. The summed E-state index contributed by atoms with van der Waals surface area (Å²) in [6, 6.07) is 15.2. The molecule has 1 fully saturated rings. The fraction of sp³-hybridized carbons (Fsp3) is 0.364. The van der Waals surface area contributed by atoms with E-state index in [-0.39, 0.29) is 17.7 Å². The van der Waals surface area contributed by atoms with Gasteiger partial charge < -0.3 is 9.80 Å². The molecule has 1 heterocycles. The quantitative estimate of drug-likeness (QED) is 0.794. The first-order valence-electron chi connectivity index (χ1n) is 9.29. The van der Waals surface area contributed by atoms with Gasteiger partial charge in [0.05, 0.1) is 0 Å². The number of aryl methyl sites for hydroxylation is 1. The van der Waals surface area contributed by atoms with E-state index in [1.807, 2.05) is 11.9 Å². The molecule has 5 heteroatoms. The van der Waals surface area contributed by atoms with Gasteiger partial charge in [0.1, 0.15) is 0 Å². The number of nitrogens with zero attached hydrogens (tertiary/aromatic N) is 2. The van der Waals surface area contributed by atoms with Gasteiger partial charge in [-0.3, -0.25) is 9.59 Å². The van der Waals surface area contributed by atoms with E-state index in [2.05, 4.69) is 31.2 Å². The van der Waals surface area contributed by atoms with E-state index in [1.54, 1.807) is 29.2 Å². The predicted octanol–water partition coefficient (Wildman–Crippen LogP) is 4.16. The third kappa shape index (κ3) is 4.89. The standard InChI is InChI=1S/C22H25ClN2O2/c1-16-3-5-17(6-4-16)15-24(2)21(26)19-11-13-25(14-12-19)22(27)18-7-9-20(23)10-8-18/h3-10,19H,11-15H2,1-2H3. The predicted molar refractivity (Wildman–Crippen MR) is 108 cm³/mol. The highest BCUT2D eigenvalue weighted by Crippen LogP contribution is 2.22. The molecular weight excluding hydrogens is 360 g/mol. The first kappa shape index (κ1) is 19.4. The number of likely N-dealkylation sites (tertiary alicyclic amines) is 1. The summed E-state index contributed by atoms with van der Waals surface area (Å²) in [6.45, 7) is 3.88. The van der Waals surface area contributed by atoms with E-state index in [1.165, 1.54) is 5.56 Å². The molecule has 27 heavy (non-hydrogen) atoms. The molecule has 0 radical (unpaired) electrons. The third-order valence-corrected chi connectivity index (χ3v) is 5.39. The summed E-state index contributed by atoms with van der Waals surface area (Å²) >= 11 is 5.88. The molecule has 0 N–H and O–H groups in total. The van der Waals surface area contributed by atoms with Crippen molar-refractivity contribution in [2.75, 3.05) is 20.1 Å². The SMILES string of the molecule is Cc1ccc(CN(C)C(=O)C2CCN(C(=O)c3ccc(Cl)cc3)CC2)cc1. The van der Waals surface area contributed by atoms with E-state index in [0.717, 1.165) is 5.56 Å². The van der Waals surface area contributed by atoms with Crippen molar-refractivity contribution in [2.45, 2.75) is 26.3 Å². The summed E-state index contributed by atoms with van der Waals surface area (Å²) in [5.41, 5.74) is 2.98. The maximum absolute atomic E-state index is 12.8. The van der Waals surface area contributed by atoms with Gasteiger partial charge in [0, 0.05) is 43.2 Å². The fourth-order valence-corrected chi connectivity index (χ4v) is 3.59. The van der Waals surface area contributed by atoms with Crippen LogP contribution in [0.15, 0.2) is 48.5 Å². The van der Waals surface area contributed by atoms with Crippen molar-refractivity contribution in [3.05, 3.63) is 70.2 Å². The van der Waals surface area contributed by atoms with Crippen LogP contribution in [0.3, 0.4) is 0 Å². The van der Waals surface area contributed by atoms with Crippen LogP contribution in [0.25, 0.3) is 0 Å². The molecule has 3 rings (SSSR count). The van der Waals surface area contributed by atoms with Crippen LogP contribution in [0.2, 0.25) is 5.02 Å². The lowest BCUT2D eigenvalue weighted by atomic mass is 9.94. The molecule has 4 nitrogen and oxygen atoms in total. The van der Waals surface area contributed by atoms with Crippen molar-refractivity contribution in [3.63, 3.8) is 0 Å². The molecule has 0 aromatic heterocycles. The van der Waals surface area contributed by atoms with E-state index in [0.29, 0.717) is 43.1 Å². The normalized spacial score (nSPS) is 14.9. The maximum atomic E-state index is 12.8. The number of carbonyl (C=O) groups excluding carboxylic acids is 2. The lowest BCUT2D eigenvalue weighted by Gasteiger charge is -2.33. The molecule has 2 amide bonds. The average Bonchev–Trinajstić information content (AvgIpc) is 2.69. The van der Waals surface area contributed by atoms with E-state index in [9.17, 15) is 9.59 Å². The second kappa shape index (κ2) is 8.57. The van der Waals surface area contributed by atoms with E-state index >= 15 is 0 Å². The second-order valence-electron chi connectivity index (χ2n) is 7.25. The average molecular weight is 385 g/mol. The first-order valence-corrected chi connectivity index (χ1v) is 9.67. The smallest absolute Gasteiger partial charge is 0.253 e. The fourth-order valence-electron chi connectivity index (χ4n) is 3.46. The van der Waals surface area contributed by atoms with Crippen molar-refractivity contribution >= 4 is 23.4 Å². The molecule has 0 saturated carbocycles. The number of amides is 2. The molecule has 0 aliphatic carbocycles. The van der Waals surface area contributed by atoms with Crippen LogP contribution in [0.5, 0.6) is 0 Å². The van der Waals surface area contributed by atoms with Gasteiger partial charge in [-0.15, -0.1) is 0 Å². The van der Waals surface area contributed by atoms with Crippen LogP contribution in [-0.4, -0.2) is 41.8 Å². The van der Waals surface area contributed by atoms with Crippen LogP contribution in [0.1, 0.15) is 34.3 Å². The highest BCUT2D eigenvalue weighted by Gasteiger charge is 2.29. The molecule has 2 aromatic rings. The van der Waals surface area contributed by atoms with Crippen molar-refractivity contribution in [1.29, 1.82) is 0 Å². The summed E-state index contributed by atoms with van der Waals surface area (Å²) in [6.07, 6.45) is 1.41. The number of carbonyl (C=O) groups is 2. The Morgan fingerprint density at radius 1 is 1.04 bits per heavy atom. The van der Waals surface area contributed by atoms with Crippen LogP contribution >= 0.6 is 11.6 Å². The Labute approximate surface area is 165 Å². The number of benzene rings is 2. The topological polar surface area (TPSA) is 40.6 Å². The first-order chi connectivity index (χ1) is 12.9. The van der Waals surface area contributed by atoms with Gasteiger partial charge in [-0.2, -0.15) is 0 Å². The summed E-state index contributed by atoms with van der Waals surface area (Å²) in [5, 5.41) is 0.618. The van der Waals surface area contributed by atoms with Crippen molar-refractivity contribution in [3.8, 4) is 0 Å². The molecule has 1 aliphatic heterocycles. The molecule has 0 unspecified atom stereocenters. The molecule has 0 atom stereocenters. The van der Waals surface area contributed by atoms with Gasteiger partial charge in [0.25, 0.3) is 5.91 Å². The zero-order valence-corrected chi connectivity index (χ0v) is 16.6. The van der Waals surface area contributed by atoms with Crippen LogP contribution in [0.4, 0.5) is 0 Å². The molecule has 1 saturated heterocycles. The largest absolute Gasteiger partial charge is 0.341 e. The molecule has 1 aliphatic rings. The Kier molecular flexibility index (Phi) is 6.17. The molecule has 0 spiro atoms. The Morgan fingerprint density at radius 2 is 1.63 bits per heavy atom. The van der Waals surface area contributed by atoms with Gasteiger partial charge in [-0.1, -0.05) is 41.4 Å². The molecular formula is C22H25ClN2O2. The number of rotatable bonds is 4. The number of hydrogen-bond donors (Lipinski definition) is 0. The minimum Gasteiger partial charge on any atom is -0.341 e. The van der Waals surface area contributed by atoms with E-state index in [4.69, 9.17) is 11.6 Å². The number of piperidine rings is 1. The Hall–Kier alpha value is -2.33. The summed E-state index contributed by atoms with van der Waals surface area (Å²) in [7, 11) is 1.85. The Balaban J connectivity index is 1.53. The maximum Gasteiger partial charge on any atom is 0.253 e. The molecule has 0 bridgehead atoms. The second-order valence-corrected chi connectivity index (χ2v) is 7.69. The monoisotopic (exact) mass is 384 g/mol. The number of hydrogen-bond acceptors (Lipinski definition) is 2. The Morgan fingerprint density at radius 3 is 2.22 bits per heavy atom. The molecule has 2 aromatic carbocycles. The summed E-state index contributed by atoms with van der Waals surface area (Å²) < 4.78 is 0. The van der Waals surface area contributed by atoms with Gasteiger partial charge in [0.2, 0.25) is 5.91 Å². The van der Waals surface area contributed by atoms with Gasteiger partial charge in [-0.05, 0) is 49.6 Å². The highest BCUT2D eigenvalue weighted by molar-refractivity contribution is 6.30. The summed E-state index contributed by atoms with van der Waals surface area (Å²) in [5.74, 6) is 0.148. The van der Waals surface area contributed by atoms with Crippen molar-refractivity contribution in [2.24, 2.45) is 5.92 Å². The zero-order chi connectivity index (χ0) is 19.4. The zero-order valence-electron chi connectivity index (χ0n) is 15.8. The Bertz CT molecular complexity index is 794. The lowest BCUT2D eigenvalue weighted by Crippen LogP contribution is -2.43. The minimum absolute atomic E-state index is 0.00516. The van der Waals surface area contributed by atoms with Crippen molar-refractivity contribution in [1.82, 2.24) is 9.80 Å². The minimum atomic E-state index is -0.0188. The van der Waals surface area contributed by atoms with Crippen LogP contribution in [0, 0.1) is 12.8 Å². The van der Waals surface area contributed by atoms with Gasteiger partial charge in [0.15, 0.2) is 0 Å². The van der Waals surface area contributed by atoms with Crippen LogP contribution in [-0.2, 0) is 11.3 Å². The highest BCUT2D eigenvalue weighted by atomic mass is 35.5. The van der Waals surface area contributed by atoms with E-state index < -0.39 is 0 Å². The lowest BCUT2D eigenvalue weighted by molar-refractivity contribution is -0.136. The summed E-state index contributed by atoms with van der Waals surface area (Å²) in [4.78, 5) is 29.0. The van der Waals surface area contributed by atoms with Crippen LogP contribution < -0.4 is 0 Å². The third-order valence-electron chi connectivity index (χ3n) is 5.14.